The molecule has 1 aromatic heterocycles. The molecular weight excluding hydrogens is 537 g/mol. The summed E-state index contributed by atoms with van der Waals surface area (Å²) in [7, 11) is 3.06. The lowest BCUT2D eigenvalue weighted by Crippen LogP contribution is -2.34. The average molecular weight is 556 g/mol. The zero-order valence-corrected chi connectivity index (χ0v) is 21.0. The Morgan fingerprint density at radius 3 is 2.46 bits per heavy atom. The minimum Gasteiger partial charge on any atom is -0.493 e. The van der Waals surface area contributed by atoms with E-state index in [9.17, 15) is 9.18 Å². The zero-order chi connectivity index (χ0) is 24.9. The average Bonchev–Trinajstić information content (AvgIpc) is 2.84. The number of methoxy groups -OCH3 is 2. The number of anilines is 1. The fourth-order valence-electron chi connectivity index (χ4n) is 3.28. The van der Waals surface area contributed by atoms with Crippen molar-refractivity contribution in [3.63, 3.8) is 0 Å². The Kier molecular flexibility index (Phi) is 7.42. The number of carbonyl (C=O) groups excluding carboxylic acids is 1. The molecule has 2 N–H and O–H groups in total. The summed E-state index contributed by atoms with van der Waals surface area (Å²) in [5, 5.41) is 6.02. The quantitative estimate of drug-likeness (QED) is 0.279. The molecule has 10 heteroatoms. The molecule has 1 amide bonds. The van der Waals surface area contributed by atoms with Crippen molar-refractivity contribution >= 4 is 55.8 Å². The van der Waals surface area contributed by atoms with Crippen LogP contribution in [0.2, 0.25) is 0 Å². The van der Waals surface area contributed by atoms with Crippen LogP contribution in [-0.4, -0.2) is 30.2 Å². The zero-order valence-electron chi connectivity index (χ0n) is 18.6. The second-order valence-electron chi connectivity index (χ2n) is 7.20. The molecule has 0 spiro atoms. The van der Waals surface area contributed by atoms with Crippen molar-refractivity contribution in [1.82, 2.24) is 10.3 Å². The third-order valence-electron chi connectivity index (χ3n) is 4.93. The Hall–Kier alpha value is -3.76. The standard InChI is InChI=1S/C25H19BrFN3O4S/c1-32-22-12-17-19(13-23(22)33-2)28-9-8-20(17)34-21-7-6-16(11-18(21)27)29-25(35)30-24(31)14-4-3-5-15(26)10-14/h3-13H,1-2H3,(H2,29,30,31,35). The van der Waals surface area contributed by atoms with Gasteiger partial charge in [0.1, 0.15) is 5.75 Å². The maximum absolute atomic E-state index is 14.9. The van der Waals surface area contributed by atoms with Crippen LogP contribution in [0.25, 0.3) is 10.9 Å². The van der Waals surface area contributed by atoms with Crippen molar-refractivity contribution < 1.29 is 23.4 Å². The molecule has 0 saturated heterocycles. The number of aromatic nitrogens is 1. The van der Waals surface area contributed by atoms with E-state index in [0.29, 0.717) is 39.4 Å². The number of thiocarbonyl (C=S) groups is 1. The van der Waals surface area contributed by atoms with Crippen LogP contribution in [0.5, 0.6) is 23.0 Å². The van der Waals surface area contributed by atoms with Gasteiger partial charge in [-0.1, -0.05) is 22.0 Å². The molecule has 0 saturated carbocycles. The van der Waals surface area contributed by atoms with Gasteiger partial charge in [0, 0.05) is 39.4 Å². The number of hydrogen-bond acceptors (Lipinski definition) is 6. The van der Waals surface area contributed by atoms with Crippen molar-refractivity contribution in [3.8, 4) is 23.0 Å². The number of nitrogens with zero attached hydrogens (tertiary/aromatic N) is 1. The number of ether oxygens (including phenoxy) is 3. The van der Waals surface area contributed by atoms with Crippen LogP contribution in [0.4, 0.5) is 10.1 Å². The largest absolute Gasteiger partial charge is 0.493 e. The topological polar surface area (TPSA) is 81.7 Å². The number of fused-ring (bicyclic) bond motifs is 1. The van der Waals surface area contributed by atoms with E-state index in [2.05, 4.69) is 31.5 Å². The van der Waals surface area contributed by atoms with Gasteiger partial charge in [-0.3, -0.25) is 15.1 Å². The van der Waals surface area contributed by atoms with E-state index in [1.807, 2.05) is 6.07 Å². The smallest absolute Gasteiger partial charge is 0.257 e. The summed E-state index contributed by atoms with van der Waals surface area (Å²) in [6, 6.07) is 16.2. The van der Waals surface area contributed by atoms with E-state index < -0.39 is 5.82 Å². The van der Waals surface area contributed by atoms with E-state index in [1.165, 1.54) is 26.4 Å². The first-order chi connectivity index (χ1) is 16.9. The molecule has 0 bridgehead atoms. The highest BCUT2D eigenvalue weighted by Crippen LogP contribution is 2.37. The van der Waals surface area contributed by atoms with E-state index >= 15 is 0 Å². The van der Waals surface area contributed by atoms with Crippen LogP contribution < -0.4 is 24.8 Å². The van der Waals surface area contributed by atoms with E-state index in [0.717, 1.165) is 4.47 Å². The molecule has 0 aliphatic carbocycles. The first-order valence-electron chi connectivity index (χ1n) is 10.2. The maximum Gasteiger partial charge on any atom is 0.257 e. The lowest BCUT2D eigenvalue weighted by atomic mass is 10.2. The van der Waals surface area contributed by atoms with E-state index in [-0.39, 0.29) is 16.8 Å². The van der Waals surface area contributed by atoms with Crippen molar-refractivity contribution in [2.75, 3.05) is 19.5 Å². The van der Waals surface area contributed by atoms with Crippen LogP contribution in [0.15, 0.2) is 71.3 Å². The molecular formula is C25H19BrFN3O4S. The Morgan fingerprint density at radius 2 is 1.74 bits per heavy atom. The van der Waals surface area contributed by atoms with Gasteiger partial charge < -0.3 is 19.5 Å². The normalized spacial score (nSPS) is 10.5. The van der Waals surface area contributed by atoms with Gasteiger partial charge in [-0.2, -0.15) is 0 Å². The summed E-state index contributed by atoms with van der Waals surface area (Å²) in [6.07, 6.45) is 1.56. The molecule has 7 nitrogen and oxygen atoms in total. The van der Waals surface area contributed by atoms with Crippen molar-refractivity contribution in [2.45, 2.75) is 0 Å². The number of benzene rings is 3. The molecule has 3 aromatic carbocycles. The molecule has 1 heterocycles. The van der Waals surface area contributed by atoms with Crippen LogP contribution in [0.1, 0.15) is 10.4 Å². The number of halogens is 2. The van der Waals surface area contributed by atoms with E-state index in [4.69, 9.17) is 26.4 Å². The van der Waals surface area contributed by atoms with E-state index in [1.54, 1.807) is 48.7 Å². The Labute approximate surface area is 214 Å². The van der Waals surface area contributed by atoms with Crippen molar-refractivity contribution in [3.05, 3.63) is 82.7 Å². The highest BCUT2D eigenvalue weighted by molar-refractivity contribution is 9.10. The minimum absolute atomic E-state index is 0.00178. The molecule has 0 aliphatic heterocycles. The third kappa shape index (κ3) is 5.67. The number of carbonyl (C=O) groups is 1. The molecule has 0 aliphatic rings. The second-order valence-corrected chi connectivity index (χ2v) is 8.52. The number of nitrogens with one attached hydrogen (secondary N) is 2. The van der Waals surface area contributed by atoms with Crippen molar-refractivity contribution in [1.29, 1.82) is 0 Å². The minimum atomic E-state index is -0.624. The van der Waals surface area contributed by atoms with Crippen LogP contribution in [-0.2, 0) is 0 Å². The predicted octanol–water partition coefficient (Wildman–Crippen LogP) is 6.07. The number of pyridine rings is 1. The second kappa shape index (κ2) is 10.7. The molecule has 178 valence electrons. The van der Waals surface area contributed by atoms with Crippen LogP contribution >= 0.6 is 28.1 Å². The first kappa shape index (κ1) is 24.4. The molecule has 4 rings (SSSR count). The summed E-state index contributed by atoms with van der Waals surface area (Å²) in [5.74, 6) is 0.405. The molecule has 0 atom stereocenters. The SMILES string of the molecule is COc1cc2nccc(Oc3ccc(NC(=S)NC(=O)c4cccc(Br)c4)cc3F)c2cc1OC. The molecule has 0 fully saturated rings. The van der Waals surface area contributed by atoms with Gasteiger partial charge in [-0.25, -0.2) is 4.39 Å². The molecule has 4 aromatic rings. The fraction of sp³-hybridized carbons (Fsp3) is 0.0800. The summed E-state index contributed by atoms with van der Waals surface area (Å²) in [5.41, 5.74) is 1.38. The predicted molar refractivity (Wildman–Crippen MR) is 139 cm³/mol. The molecule has 35 heavy (non-hydrogen) atoms. The lowest BCUT2D eigenvalue weighted by Gasteiger charge is -2.14. The summed E-state index contributed by atoms with van der Waals surface area (Å²) in [6.45, 7) is 0. The van der Waals surface area contributed by atoms with Gasteiger partial charge in [0.05, 0.1) is 19.7 Å². The highest BCUT2D eigenvalue weighted by Gasteiger charge is 2.14. The summed E-state index contributed by atoms with van der Waals surface area (Å²) in [4.78, 5) is 16.7. The van der Waals surface area contributed by atoms with Crippen LogP contribution in [0.3, 0.4) is 0 Å². The Balaban J connectivity index is 1.49. The Morgan fingerprint density at radius 1 is 0.971 bits per heavy atom. The van der Waals surface area contributed by atoms with Gasteiger partial charge in [0.15, 0.2) is 28.2 Å². The first-order valence-corrected chi connectivity index (χ1v) is 11.4. The fourth-order valence-corrected chi connectivity index (χ4v) is 3.89. The monoisotopic (exact) mass is 555 g/mol. The lowest BCUT2D eigenvalue weighted by molar-refractivity contribution is 0.0977. The number of rotatable bonds is 6. The van der Waals surface area contributed by atoms with Gasteiger partial charge in [-0.05, 0) is 54.7 Å². The number of hydrogen-bond donors (Lipinski definition) is 2. The van der Waals surface area contributed by atoms with Gasteiger partial charge in [-0.15, -0.1) is 0 Å². The summed E-state index contributed by atoms with van der Waals surface area (Å²) >= 11 is 8.50. The summed E-state index contributed by atoms with van der Waals surface area (Å²) < 4.78 is 32.1. The van der Waals surface area contributed by atoms with Crippen molar-refractivity contribution in [2.24, 2.45) is 0 Å². The van der Waals surface area contributed by atoms with Gasteiger partial charge in [0.25, 0.3) is 5.91 Å². The van der Waals surface area contributed by atoms with Gasteiger partial charge in [0.2, 0.25) is 0 Å². The highest BCUT2D eigenvalue weighted by atomic mass is 79.9. The number of amides is 1. The maximum atomic E-state index is 14.9. The molecule has 0 unspecified atom stereocenters. The molecule has 0 radical (unpaired) electrons. The third-order valence-corrected chi connectivity index (χ3v) is 5.63. The Bertz CT molecular complexity index is 1430. The van der Waals surface area contributed by atoms with Crippen LogP contribution in [0, 0.1) is 5.82 Å². The van der Waals surface area contributed by atoms with Gasteiger partial charge >= 0.3 is 0 Å².